The van der Waals surface area contributed by atoms with Crippen molar-refractivity contribution in [3.8, 4) is 0 Å². The highest BCUT2D eigenvalue weighted by molar-refractivity contribution is 6.09. The number of aromatic carboxylic acids is 1. The molecular formula is C15H12N2O3. The fourth-order valence-corrected chi connectivity index (χ4v) is 2.28. The summed E-state index contributed by atoms with van der Waals surface area (Å²) in [5.74, 6) is -1.33. The molecule has 1 aliphatic rings. The average molecular weight is 268 g/mol. The third kappa shape index (κ3) is 1.99. The van der Waals surface area contributed by atoms with Gasteiger partial charge in [-0.3, -0.25) is 4.79 Å². The van der Waals surface area contributed by atoms with Gasteiger partial charge in [-0.2, -0.15) is 0 Å². The van der Waals surface area contributed by atoms with Crippen LogP contribution < -0.4 is 10.6 Å². The van der Waals surface area contributed by atoms with Gasteiger partial charge in [0.25, 0.3) is 5.91 Å². The van der Waals surface area contributed by atoms with Crippen LogP contribution in [0.25, 0.3) is 0 Å². The van der Waals surface area contributed by atoms with Gasteiger partial charge < -0.3 is 15.7 Å². The molecule has 0 aromatic heterocycles. The van der Waals surface area contributed by atoms with Crippen molar-refractivity contribution >= 4 is 23.3 Å². The first-order valence-corrected chi connectivity index (χ1v) is 6.15. The topological polar surface area (TPSA) is 78.4 Å². The predicted molar refractivity (Wildman–Crippen MR) is 74.8 cm³/mol. The second-order valence-corrected chi connectivity index (χ2v) is 4.51. The summed E-state index contributed by atoms with van der Waals surface area (Å²) < 4.78 is 0. The Hall–Kier alpha value is -2.82. The Kier molecular flexibility index (Phi) is 2.87. The van der Waals surface area contributed by atoms with E-state index in [0.717, 1.165) is 5.56 Å². The van der Waals surface area contributed by atoms with Gasteiger partial charge >= 0.3 is 5.97 Å². The maximum atomic E-state index is 12.2. The number of para-hydroxylation sites is 1. The van der Waals surface area contributed by atoms with E-state index in [1.54, 1.807) is 12.1 Å². The normalized spacial score (nSPS) is 16.8. The van der Waals surface area contributed by atoms with Crippen molar-refractivity contribution in [3.63, 3.8) is 0 Å². The molecule has 5 nitrogen and oxygen atoms in total. The van der Waals surface area contributed by atoms with E-state index in [9.17, 15) is 9.59 Å². The molecule has 1 unspecified atom stereocenters. The van der Waals surface area contributed by atoms with Crippen molar-refractivity contribution < 1.29 is 14.7 Å². The minimum absolute atomic E-state index is 0.0786. The van der Waals surface area contributed by atoms with Crippen LogP contribution in [0.5, 0.6) is 0 Å². The number of benzene rings is 2. The van der Waals surface area contributed by atoms with Crippen LogP contribution in [0.1, 0.15) is 22.0 Å². The van der Waals surface area contributed by atoms with Crippen molar-refractivity contribution in [3.05, 3.63) is 59.7 Å². The number of carboxylic acid groups (broad SMARTS) is 1. The van der Waals surface area contributed by atoms with Gasteiger partial charge in [0.05, 0.1) is 16.9 Å². The van der Waals surface area contributed by atoms with E-state index in [2.05, 4.69) is 10.6 Å². The first kappa shape index (κ1) is 12.2. The van der Waals surface area contributed by atoms with Gasteiger partial charge in [-0.1, -0.05) is 36.4 Å². The Morgan fingerprint density at radius 1 is 1.05 bits per heavy atom. The van der Waals surface area contributed by atoms with Crippen molar-refractivity contribution in [1.29, 1.82) is 0 Å². The van der Waals surface area contributed by atoms with Gasteiger partial charge in [-0.15, -0.1) is 0 Å². The summed E-state index contributed by atoms with van der Waals surface area (Å²) in [4.78, 5) is 23.3. The number of carbonyl (C=O) groups excluding carboxylic acids is 1. The van der Waals surface area contributed by atoms with Crippen molar-refractivity contribution in [2.75, 3.05) is 10.6 Å². The number of rotatable bonds is 2. The standard InChI is InChI=1S/C15H12N2O3/c18-14-12(9-5-2-1-3-6-9)16-11-8-4-7-10(15(19)20)13(11)17-14/h1-8,12,16H,(H,17,18)(H,19,20). The van der Waals surface area contributed by atoms with Gasteiger partial charge in [-0.05, 0) is 17.7 Å². The van der Waals surface area contributed by atoms with Crippen LogP contribution in [0, 0.1) is 0 Å². The Labute approximate surface area is 115 Å². The molecule has 2 aromatic carbocycles. The minimum atomic E-state index is -1.07. The van der Waals surface area contributed by atoms with Crippen LogP contribution in [-0.2, 0) is 4.79 Å². The summed E-state index contributed by atoms with van der Waals surface area (Å²) in [6.07, 6.45) is 0. The number of hydrogen-bond donors (Lipinski definition) is 3. The van der Waals surface area contributed by atoms with Crippen molar-refractivity contribution in [2.24, 2.45) is 0 Å². The second-order valence-electron chi connectivity index (χ2n) is 4.51. The van der Waals surface area contributed by atoms with E-state index in [1.165, 1.54) is 6.07 Å². The number of fused-ring (bicyclic) bond motifs is 1. The zero-order valence-corrected chi connectivity index (χ0v) is 10.5. The van der Waals surface area contributed by atoms with Crippen molar-refractivity contribution in [1.82, 2.24) is 0 Å². The zero-order valence-electron chi connectivity index (χ0n) is 10.5. The molecule has 0 saturated carbocycles. The molecule has 0 spiro atoms. The largest absolute Gasteiger partial charge is 0.478 e. The number of carbonyl (C=O) groups is 2. The molecule has 1 aliphatic heterocycles. The zero-order chi connectivity index (χ0) is 14.1. The molecule has 5 heteroatoms. The molecule has 0 fully saturated rings. The van der Waals surface area contributed by atoms with E-state index in [4.69, 9.17) is 5.11 Å². The van der Waals surface area contributed by atoms with Crippen LogP contribution in [0.15, 0.2) is 48.5 Å². The highest BCUT2D eigenvalue weighted by Gasteiger charge is 2.29. The molecule has 3 rings (SSSR count). The maximum absolute atomic E-state index is 12.2. The summed E-state index contributed by atoms with van der Waals surface area (Å²) in [6, 6.07) is 13.6. The van der Waals surface area contributed by atoms with E-state index in [-0.39, 0.29) is 11.5 Å². The van der Waals surface area contributed by atoms with Crippen LogP contribution in [0.4, 0.5) is 11.4 Å². The quantitative estimate of drug-likeness (QED) is 0.782. The second kappa shape index (κ2) is 4.70. The number of carboxylic acids is 1. The Balaban J connectivity index is 2.02. The molecule has 100 valence electrons. The first-order chi connectivity index (χ1) is 9.66. The van der Waals surface area contributed by atoms with Gasteiger partial charge in [0, 0.05) is 0 Å². The molecule has 0 saturated heterocycles. The molecule has 1 amide bonds. The number of amides is 1. The minimum Gasteiger partial charge on any atom is -0.478 e. The molecular weight excluding hydrogens is 256 g/mol. The van der Waals surface area contributed by atoms with Gasteiger partial charge in [0.15, 0.2) is 0 Å². The Morgan fingerprint density at radius 3 is 2.50 bits per heavy atom. The van der Waals surface area contributed by atoms with Gasteiger partial charge in [-0.25, -0.2) is 4.79 Å². The van der Waals surface area contributed by atoms with Crippen LogP contribution >= 0.6 is 0 Å². The Bertz CT molecular complexity index is 683. The lowest BCUT2D eigenvalue weighted by atomic mass is 10.0. The number of hydrogen-bond acceptors (Lipinski definition) is 3. The van der Waals surface area contributed by atoms with Crippen LogP contribution in [-0.4, -0.2) is 17.0 Å². The fraction of sp³-hybridized carbons (Fsp3) is 0.0667. The molecule has 0 bridgehead atoms. The molecule has 3 N–H and O–H groups in total. The molecule has 1 atom stereocenters. The number of anilines is 2. The van der Waals surface area contributed by atoms with E-state index in [0.29, 0.717) is 11.4 Å². The summed E-state index contributed by atoms with van der Waals surface area (Å²) >= 11 is 0. The highest BCUT2D eigenvalue weighted by atomic mass is 16.4. The highest BCUT2D eigenvalue weighted by Crippen LogP contribution is 2.34. The van der Waals surface area contributed by atoms with E-state index < -0.39 is 12.0 Å². The monoisotopic (exact) mass is 268 g/mol. The number of nitrogens with one attached hydrogen (secondary N) is 2. The average Bonchev–Trinajstić information content (AvgIpc) is 2.46. The SMILES string of the molecule is O=C(O)c1cccc2c1NC(=O)C(c1ccccc1)N2. The summed E-state index contributed by atoms with van der Waals surface area (Å²) in [6.45, 7) is 0. The Morgan fingerprint density at radius 2 is 1.80 bits per heavy atom. The first-order valence-electron chi connectivity index (χ1n) is 6.15. The third-order valence-corrected chi connectivity index (χ3v) is 3.24. The molecule has 0 radical (unpaired) electrons. The van der Waals surface area contributed by atoms with Crippen molar-refractivity contribution in [2.45, 2.75) is 6.04 Å². The van der Waals surface area contributed by atoms with Crippen LogP contribution in [0.3, 0.4) is 0 Å². The van der Waals surface area contributed by atoms with Gasteiger partial charge in [0.2, 0.25) is 0 Å². The lowest BCUT2D eigenvalue weighted by Gasteiger charge is -2.28. The van der Waals surface area contributed by atoms with E-state index in [1.807, 2.05) is 30.3 Å². The predicted octanol–water partition coefficient (Wildman–Crippen LogP) is 2.49. The molecule has 0 aliphatic carbocycles. The summed E-state index contributed by atoms with van der Waals surface area (Å²) in [5, 5.41) is 14.9. The van der Waals surface area contributed by atoms with Crippen LogP contribution in [0.2, 0.25) is 0 Å². The fourth-order valence-electron chi connectivity index (χ4n) is 2.28. The van der Waals surface area contributed by atoms with E-state index >= 15 is 0 Å². The summed E-state index contributed by atoms with van der Waals surface area (Å²) in [7, 11) is 0. The maximum Gasteiger partial charge on any atom is 0.337 e. The van der Waals surface area contributed by atoms with Gasteiger partial charge in [0.1, 0.15) is 6.04 Å². The molecule has 20 heavy (non-hydrogen) atoms. The lowest BCUT2D eigenvalue weighted by molar-refractivity contribution is -0.117. The summed E-state index contributed by atoms with van der Waals surface area (Å²) in [5.41, 5.74) is 1.83. The molecule has 2 aromatic rings. The lowest BCUT2D eigenvalue weighted by Crippen LogP contribution is -2.32. The third-order valence-electron chi connectivity index (χ3n) is 3.24. The molecule has 1 heterocycles. The smallest absolute Gasteiger partial charge is 0.337 e.